The highest BCUT2D eigenvalue weighted by molar-refractivity contribution is 14.2. The summed E-state index contributed by atoms with van der Waals surface area (Å²) in [6, 6.07) is 2.65. The summed E-state index contributed by atoms with van der Waals surface area (Å²) >= 11 is 2.11. The van der Waals surface area contributed by atoms with Gasteiger partial charge < -0.3 is 9.26 Å². The number of ether oxygens (including phenoxy) is 1. The average Bonchev–Trinajstić information content (AvgIpc) is 2.66. The third kappa shape index (κ3) is 4.50. The van der Waals surface area contributed by atoms with E-state index in [0.717, 1.165) is 10.8 Å². The molecule has 0 N–H and O–H groups in total. The standard InChI is InChI=1S/C16H15FIN4O4P/c1-21-14-13(15(23)22(16(21)24)3-2-4-25-27-18)6-12(9-20-14)26-11-5-10(17)7-19-8-11/h5-9,27H,2-4H2,1H3. The minimum atomic E-state index is -0.541. The lowest BCUT2D eigenvalue weighted by molar-refractivity contribution is 0.344. The molecular weight excluding hydrogens is 489 g/mol. The Balaban J connectivity index is 1.99. The Morgan fingerprint density at radius 2 is 2.00 bits per heavy atom. The van der Waals surface area contributed by atoms with Crippen LogP contribution in [0, 0.1) is 5.82 Å². The van der Waals surface area contributed by atoms with Crippen molar-refractivity contribution in [2.24, 2.45) is 7.05 Å². The zero-order chi connectivity index (χ0) is 19.4. The van der Waals surface area contributed by atoms with Gasteiger partial charge in [0.2, 0.25) is 0 Å². The number of rotatable bonds is 7. The molecule has 0 spiro atoms. The van der Waals surface area contributed by atoms with E-state index in [1.165, 1.54) is 29.1 Å². The summed E-state index contributed by atoms with van der Waals surface area (Å²) in [6.07, 6.45) is 4.31. The number of fused-ring (bicyclic) bond motifs is 1. The first kappa shape index (κ1) is 19.8. The van der Waals surface area contributed by atoms with Crippen LogP contribution in [0.2, 0.25) is 0 Å². The Kier molecular flexibility index (Phi) is 6.51. The highest BCUT2D eigenvalue weighted by Crippen LogP contribution is 2.23. The van der Waals surface area contributed by atoms with Gasteiger partial charge in [0.25, 0.3) is 5.56 Å². The van der Waals surface area contributed by atoms with Gasteiger partial charge in [-0.2, -0.15) is 0 Å². The molecule has 0 saturated heterocycles. The fraction of sp³-hybridized carbons (Fsp3) is 0.250. The maximum atomic E-state index is 13.3. The van der Waals surface area contributed by atoms with Crippen LogP contribution in [-0.2, 0) is 18.1 Å². The van der Waals surface area contributed by atoms with E-state index in [9.17, 15) is 14.0 Å². The topological polar surface area (TPSA) is 88.2 Å². The zero-order valence-electron chi connectivity index (χ0n) is 14.2. The summed E-state index contributed by atoms with van der Waals surface area (Å²) in [4.78, 5) is 33.1. The fourth-order valence-corrected chi connectivity index (χ4v) is 3.42. The van der Waals surface area contributed by atoms with E-state index in [4.69, 9.17) is 9.26 Å². The number of aryl methyl sites for hydroxylation is 1. The summed E-state index contributed by atoms with van der Waals surface area (Å²) in [5.74, 6) is -0.120. The third-order valence-corrected chi connectivity index (χ3v) is 5.00. The zero-order valence-corrected chi connectivity index (χ0v) is 17.3. The summed E-state index contributed by atoms with van der Waals surface area (Å²) in [5.41, 5.74) is -0.656. The smallest absolute Gasteiger partial charge is 0.332 e. The summed E-state index contributed by atoms with van der Waals surface area (Å²) < 4.78 is 26.5. The molecule has 8 nitrogen and oxygen atoms in total. The molecule has 0 bridgehead atoms. The van der Waals surface area contributed by atoms with Crippen LogP contribution in [-0.4, -0.2) is 25.7 Å². The van der Waals surface area contributed by atoms with Gasteiger partial charge >= 0.3 is 5.69 Å². The second kappa shape index (κ2) is 8.85. The van der Waals surface area contributed by atoms with E-state index in [1.807, 2.05) is 0 Å². The minimum Gasteiger partial charge on any atom is -0.454 e. The minimum absolute atomic E-state index is 0.179. The monoisotopic (exact) mass is 504 g/mol. The van der Waals surface area contributed by atoms with Gasteiger partial charge in [-0.25, -0.2) is 14.2 Å². The van der Waals surface area contributed by atoms with Gasteiger partial charge in [-0.3, -0.25) is 18.9 Å². The third-order valence-electron chi connectivity index (χ3n) is 3.75. The van der Waals surface area contributed by atoms with E-state index >= 15 is 0 Å². The largest absolute Gasteiger partial charge is 0.454 e. The molecular formula is C16H15FIN4O4P. The normalized spacial score (nSPS) is 11.5. The van der Waals surface area contributed by atoms with Crippen molar-refractivity contribution < 1.29 is 13.7 Å². The van der Waals surface area contributed by atoms with Crippen molar-refractivity contribution in [1.29, 1.82) is 0 Å². The Hall–Kier alpha value is -1.91. The van der Waals surface area contributed by atoms with E-state index in [-0.39, 0.29) is 29.1 Å². The van der Waals surface area contributed by atoms with E-state index < -0.39 is 17.1 Å². The van der Waals surface area contributed by atoms with Gasteiger partial charge in [-0.15, -0.1) is 0 Å². The molecule has 0 amide bonds. The second-order valence-electron chi connectivity index (χ2n) is 5.56. The molecule has 0 saturated carbocycles. The van der Waals surface area contributed by atoms with Crippen molar-refractivity contribution >= 4 is 39.5 Å². The molecule has 3 rings (SSSR count). The molecule has 0 fully saturated rings. The van der Waals surface area contributed by atoms with Crippen molar-refractivity contribution in [1.82, 2.24) is 19.1 Å². The maximum absolute atomic E-state index is 13.3. The number of aromatic nitrogens is 4. The molecule has 27 heavy (non-hydrogen) atoms. The molecule has 0 aromatic carbocycles. The summed E-state index contributed by atoms with van der Waals surface area (Å²) in [7, 11) is 1.55. The fourth-order valence-electron chi connectivity index (χ4n) is 2.54. The maximum Gasteiger partial charge on any atom is 0.332 e. The molecule has 142 valence electrons. The van der Waals surface area contributed by atoms with Gasteiger partial charge in [0.05, 0.1) is 37.0 Å². The van der Waals surface area contributed by atoms with Crippen LogP contribution in [0.4, 0.5) is 4.39 Å². The number of hydrogen-bond donors (Lipinski definition) is 0. The molecule has 11 heteroatoms. The highest BCUT2D eigenvalue weighted by atomic mass is 127. The predicted molar refractivity (Wildman–Crippen MR) is 108 cm³/mol. The molecule has 0 radical (unpaired) electrons. The average molecular weight is 504 g/mol. The first-order chi connectivity index (χ1) is 13.0. The van der Waals surface area contributed by atoms with Crippen molar-refractivity contribution in [3.05, 3.63) is 57.4 Å². The lowest BCUT2D eigenvalue weighted by Crippen LogP contribution is -2.39. The number of hydrogen-bond acceptors (Lipinski definition) is 6. The number of pyridine rings is 2. The van der Waals surface area contributed by atoms with Gasteiger partial charge in [-0.1, -0.05) is 0 Å². The molecule has 3 heterocycles. The van der Waals surface area contributed by atoms with E-state index in [0.29, 0.717) is 19.5 Å². The Morgan fingerprint density at radius 1 is 1.22 bits per heavy atom. The number of halogens is 2. The summed E-state index contributed by atoms with van der Waals surface area (Å²) in [6.45, 7) is 1.03. The van der Waals surface area contributed by atoms with Gasteiger partial charge in [0.15, 0.2) is 0 Å². The van der Waals surface area contributed by atoms with Crippen LogP contribution >= 0.6 is 28.5 Å². The van der Waals surface area contributed by atoms with Crippen LogP contribution < -0.4 is 16.0 Å². The predicted octanol–water partition coefficient (Wildman–Crippen LogP) is 2.77. The van der Waals surface area contributed by atoms with Gasteiger partial charge in [0, 0.05) is 19.7 Å². The van der Waals surface area contributed by atoms with E-state index in [1.54, 1.807) is 7.05 Å². The molecule has 3 aromatic heterocycles. The molecule has 0 aliphatic rings. The molecule has 0 aliphatic heterocycles. The Morgan fingerprint density at radius 3 is 2.74 bits per heavy atom. The Labute approximate surface area is 167 Å². The number of nitrogens with zero attached hydrogens (tertiary/aromatic N) is 4. The van der Waals surface area contributed by atoms with Crippen molar-refractivity contribution in [3.8, 4) is 11.5 Å². The molecule has 1 unspecified atom stereocenters. The van der Waals surface area contributed by atoms with Gasteiger partial charge in [0.1, 0.15) is 23.0 Å². The van der Waals surface area contributed by atoms with Crippen molar-refractivity contribution in [2.45, 2.75) is 13.0 Å². The van der Waals surface area contributed by atoms with Crippen LogP contribution in [0.3, 0.4) is 0 Å². The quantitative estimate of drug-likeness (QED) is 0.280. The SMILES string of the molecule is Cn1c(=O)n(CCCOPI)c(=O)c2cc(Oc3cncc(F)c3)cnc21. The lowest BCUT2D eigenvalue weighted by Gasteiger charge is -2.11. The second-order valence-corrected chi connectivity index (χ2v) is 7.32. The van der Waals surface area contributed by atoms with Crippen LogP contribution in [0.15, 0.2) is 40.3 Å². The molecule has 3 aromatic rings. The summed E-state index contributed by atoms with van der Waals surface area (Å²) in [5, 5.41) is 0.232. The molecule has 1 atom stereocenters. The molecule has 0 aliphatic carbocycles. The Bertz CT molecular complexity index is 1090. The van der Waals surface area contributed by atoms with E-state index in [2.05, 4.69) is 32.0 Å². The van der Waals surface area contributed by atoms with Crippen molar-refractivity contribution in [2.75, 3.05) is 6.61 Å². The van der Waals surface area contributed by atoms with Crippen LogP contribution in [0.25, 0.3) is 11.0 Å². The first-order valence-electron chi connectivity index (χ1n) is 7.86. The van der Waals surface area contributed by atoms with Crippen LogP contribution in [0.5, 0.6) is 11.5 Å². The lowest BCUT2D eigenvalue weighted by atomic mass is 10.3. The highest BCUT2D eigenvalue weighted by Gasteiger charge is 2.13. The van der Waals surface area contributed by atoms with Gasteiger partial charge in [-0.05, 0) is 34.5 Å². The van der Waals surface area contributed by atoms with Crippen molar-refractivity contribution in [3.63, 3.8) is 0 Å². The first-order valence-corrected chi connectivity index (χ1v) is 11.9. The van der Waals surface area contributed by atoms with Crippen LogP contribution in [0.1, 0.15) is 6.42 Å².